The number of nitriles is 1. The molecule has 14 heavy (non-hydrogen) atoms. The first-order valence-electron chi connectivity index (χ1n) is 4.04. The van der Waals surface area contributed by atoms with Crippen molar-refractivity contribution in [3.05, 3.63) is 40.8 Å². The minimum Gasteiger partial charge on any atom is -0.355 e. The molecule has 2 heterocycles. The molecule has 3 nitrogen and oxygen atoms in total. The Kier molecular flexibility index (Phi) is 2.43. The molecule has 0 saturated heterocycles. The zero-order valence-corrected chi connectivity index (χ0v) is 8.08. The highest BCUT2D eigenvalue weighted by molar-refractivity contribution is 7.08. The smallest absolute Gasteiger partial charge is 0.142 e. The Morgan fingerprint density at radius 1 is 1.36 bits per heavy atom. The number of nitrogens with one attached hydrogen (secondary N) is 1. The Morgan fingerprint density at radius 3 is 3.00 bits per heavy atom. The molecule has 0 aliphatic carbocycles. The van der Waals surface area contributed by atoms with Crippen LogP contribution in [0.2, 0.25) is 0 Å². The lowest BCUT2D eigenvalue weighted by Crippen LogP contribution is -1.90. The van der Waals surface area contributed by atoms with E-state index in [-0.39, 0.29) is 0 Å². The van der Waals surface area contributed by atoms with Crippen LogP contribution in [0.15, 0.2) is 35.2 Å². The van der Waals surface area contributed by atoms with Gasteiger partial charge in [0.25, 0.3) is 0 Å². The van der Waals surface area contributed by atoms with Crippen LogP contribution in [-0.4, -0.2) is 4.98 Å². The van der Waals surface area contributed by atoms with Crippen LogP contribution in [0.1, 0.15) is 5.69 Å². The van der Waals surface area contributed by atoms with Crippen molar-refractivity contribution in [2.24, 2.45) is 0 Å². The van der Waals surface area contributed by atoms with Crippen molar-refractivity contribution >= 4 is 22.7 Å². The molecular weight excluding hydrogens is 194 g/mol. The molecule has 0 amide bonds. The molecule has 1 N–H and O–H groups in total. The predicted octanol–water partition coefficient (Wildman–Crippen LogP) is 2.76. The summed E-state index contributed by atoms with van der Waals surface area (Å²) >= 11 is 1.63. The maximum absolute atomic E-state index is 8.65. The normalized spacial score (nSPS) is 9.36. The van der Waals surface area contributed by atoms with Crippen LogP contribution in [0.5, 0.6) is 0 Å². The lowest BCUT2D eigenvalue weighted by atomic mass is 10.3. The van der Waals surface area contributed by atoms with E-state index in [0.717, 1.165) is 11.4 Å². The van der Waals surface area contributed by atoms with Crippen molar-refractivity contribution in [1.29, 1.82) is 5.26 Å². The van der Waals surface area contributed by atoms with Gasteiger partial charge in [-0.25, -0.2) is 4.98 Å². The van der Waals surface area contributed by atoms with Crippen LogP contribution >= 0.6 is 11.3 Å². The average molecular weight is 201 g/mol. The molecule has 0 spiro atoms. The van der Waals surface area contributed by atoms with Crippen molar-refractivity contribution in [2.45, 2.75) is 0 Å². The van der Waals surface area contributed by atoms with Gasteiger partial charge in [-0.05, 0) is 23.6 Å². The Bertz CT molecular complexity index is 456. The van der Waals surface area contributed by atoms with Gasteiger partial charge in [0.2, 0.25) is 0 Å². The molecule has 2 aromatic rings. The third kappa shape index (κ3) is 1.90. The van der Waals surface area contributed by atoms with Crippen LogP contribution in [0.3, 0.4) is 0 Å². The first-order chi connectivity index (χ1) is 6.88. The van der Waals surface area contributed by atoms with Crippen LogP contribution in [0.4, 0.5) is 11.4 Å². The summed E-state index contributed by atoms with van der Waals surface area (Å²) in [5.41, 5.74) is 2.34. The van der Waals surface area contributed by atoms with Gasteiger partial charge in [-0.3, -0.25) is 0 Å². The standard InChI is InChI=1S/C10H7N3S/c11-6-10-5-8(1-3-12-10)13-9-2-4-14-7-9/h1-5,7H,(H,12,13). The maximum Gasteiger partial charge on any atom is 0.142 e. The molecule has 0 atom stereocenters. The van der Waals surface area contributed by atoms with E-state index in [1.807, 2.05) is 29.0 Å². The van der Waals surface area contributed by atoms with E-state index in [9.17, 15) is 0 Å². The molecular formula is C10H7N3S. The molecule has 0 fully saturated rings. The summed E-state index contributed by atoms with van der Waals surface area (Å²) in [7, 11) is 0. The molecule has 2 aromatic heterocycles. The van der Waals surface area contributed by atoms with Crippen molar-refractivity contribution in [2.75, 3.05) is 5.32 Å². The summed E-state index contributed by atoms with van der Waals surface area (Å²) in [5, 5.41) is 15.8. The second kappa shape index (κ2) is 3.90. The lowest BCUT2D eigenvalue weighted by molar-refractivity contribution is 1.26. The Balaban J connectivity index is 2.22. The number of rotatable bonds is 2. The second-order valence-electron chi connectivity index (χ2n) is 2.68. The number of thiophene rings is 1. The summed E-state index contributed by atoms with van der Waals surface area (Å²) in [6, 6.07) is 7.53. The summed E-state index contributed by atoms with van der Waals surface area (Å²) < 4.78 is 0. The summed E-state index contributed by atoms with van der Waals surface area (Å²) in [5.74, 6) is 0. The number of pyridine rings is 1. The van der Waals surface area contributed by atoms with Gasteiger partial charge in [0.15, 0.2) is 0 Å². The lowest BCUT2D eigenvalue weighted by Gasteiger charge is -2.02. The predicted molar refractivity (Wildman–Crippen MR) is 56.6 cm³/mol. The number of anilines is 2. The van der Waals surface area contributed by atoms with Crippen LogP contribution in [0.25, 0.3) is 0 Å². The van der Waals surface area contributed by atoms with Crippen molar-refractivity contribution in [3.8, 4) is 6.07 Å². The van der Waals surface area contributed by atoms with E-state index in [4.69, 9.17) is 5.26 Å². The fourth-order valence-electron chi connectivity index (χ4n) is 1.07. The summed E-state index contributed by atoms with van der Waals surface area (Å²) in [4.78, 5) is 3.89. The molecule has 0 radical (unpaired) electrons. The number of hydrogen-bond acceptors (Lipinski definition) is 4. The van der Waals surface area contributed by atoms with Crippen LogP contribution in [0, 0.1) is 11.3 Å². The van der Waals surface area contributed by atoms with Crippen LogP contribution < -0.4 is 5.32 Å². The first-order valence-corrected chi connectivity index (χ1v) is 4.98. The van der Waals surface area contributed by atoms with Crippen LogP contribution in [-0.2, 0) is 0 Å². The van der Waals surface area contributed by atoms with Crippen molar-refractivity contribution < 1.29 is 0 Å². The van der Waals surface area contributed by atoms with Gasteiger partial charge in [-0.2, -0.15) is 16.6 Å². The summed E-state index contributed by atoms with van der Waals surface area (Å²) in [6.45, 7) is 0. The molecule has 4 heteroatoms. The van der Waals surface area contributed by atoms with E-state index in [1.165, 1.54) is 0 Å². The largest absolute Gasteiger partial charge is 0.355 e. The van der Waals surface area contributed by atoms with Gasteiger partial charge >= 0.3 is 0 Å². The maximum atomic E-state index is 8.65. The second-order valence-corrected chi connectivity index (χ2v) is 3.46. The van der Waals surface area contributed by atoms with E-state index in [1.54, 1.807) is 23.6 Å². The third-order valence-corrected chi connectivity index (χ3v) is 2.37. The molecule has 2 rings (SSSR count). The summed E-state index contributed by atoms with van der Waals surface area (Å²) in [6.07, 6.45) is 1.62. The quantitative estimate of drug-likeness (QED) is 0.812. The third-order valence-electron chi connectivity index (χ3n) is 1.68. The van der Waals surface area contributed by atoms with Crippen molar-refractivity contribution in [3.63, 3.8) is 0 Å². The van der Waals surface area contributed by atoms with Crippen molar-refractivity contribution in [1.82, 2.24) is 4.98 Å². The van der Waals surface area contributed by atoms with E-state index >= 15 is 0 Å². The number of hydrogen-bond donors (Lipinski definition) is 1. The Morgan fingerprint density at radius 2 is 2.29 bits per heavy atom. The minimum absolute atomic E-state index is 0.422. The topological polar surface area (TPSA) is 48.7 Å². The van der Waals surface area contributed by atoms with Gasteiger partial charge in [0, 0.05) is 23.0 Å². The zero-order valence-electron chi connectivity index (χ0n) is 7.27. The Labute approximate surface area is 85.7 Å². The molecule has 0 bridgehead atoms. The molecule has 0 aliphatic heterocycles. The minimum atomic E-state index is 0.422. The highest BCUT2D eigenvalue weighted by Crippen LogP contribution is 2.18. The fraction of sp³-hybridized carbons (Fsp3) is 0. The fourth-order valence-corrected chi connectivity index (χ4v) is 1.66. The van der Waals surface area contributed by atoms with E-state index in [2.05, 4.69) is 10.3 Å². The van der Waals surface area contributed by atoms with E-state index < -0.39 is 0 Å². The molecule has 0 aromatic carbocycles. The highest BCUT2D eigenvalue weighted by Gasteiger charge is 1.96. The first kappa shape index (κ1) is 8.73. The van der Waals surface area contributed by atoms with Gasteiger partial charge in [-0.15, -0.1) is 0 Å². The van der Waals surface area contributed by atoms with Gasteiger partial charge in [0.1, 0.15) is 11.8 Å². The molecule has 68 valence electrons. The van der Waals surface area contributed by atoms with Gasteiger partial charge < -0.3 is 5.32 Å². The zero-order chi connectivity index (χ0) is 9.80. The van der Waals surface area contributed by atoms with Gasteiger partial charge in [-0.1, -0.05) is 0 Å². The Hall–Kier alpha value is -1.86. The highest BCUT2D eigenvalue weighted by atomic mass is 32.1. The number of nitrogens with zero attached hydrogens (tertiary/aromatic N) is 2. The molecule has 0 aliphatic rings. The SMILES string of the molecule is N#Cc1cc(Nc2ccsc2)ccn1. The average Bonchev–Trinajstić information content (AvgIpc) is 2.71. The molecule has 0 saturated carbocycles. The molecule has 0 unspecified atom stereocenters. The monoisotopic (exact) mass is 201 g/mol. The van der Waals surface area contributed by atoms with Gasteiger partial charge in [0.05, 0.1) is 0 Å². The number of aromatic nitrogens is 1. The van der Waals surface area contributed by atoms with E-state index in [0.29, 0.717) is 5.69 Å².